The Balaban J connectivity index is 2.64. The van der Waals surface area contributed by atoms with E-state index < -0.39 is 11.9 Å². The largest absolute Gasteiger partial charge is 0.368 e. The van der Waals surface area contributed by atoms with Gasteiger partial charge in [-0.2, -0.15) is 0 Å². The van der Waals surface area contributed by atoms with Crippen molar-refractivity contribution in [2.75, 3.05) is 0 Å². The van der Waals surface area contributed by atoms with Gasteiger partial charge in [-0.1, -0.05) is 18.2 Å². The number of benzene rings is 1. The number of hydrogen-bond acceptors (Lipinski definition) is 3. The Morgan fingerprint density at radius 3 is 2.33 bits per heavy atom. The molecule has 0 spiro atoms. The Bertz CT molecular complexity index is 443. The fourth-order valence-corrected chi connectivity index (χ4v) is 1.46. The summed E-state index contributed by atoms with van der Waals surface area (Å²) < 4.78 is 0. The molecule has 3 N–H and O–H groups in total. The minimum Gasteiger partial charge on any atom is -0.368 e. The van der Waals surface area contributed by atoms with Crippen LogP contribution in [0.5, 0.6) is 0 Å². The standard InChI is InChI=1S/C13H16N2O3/c1-9(16)7-8-11(12(14)17)15-13(18)10-5-3-2-4-6-10/h2-6,11H,7-8H2,1H3,(H2,14,17)(H,15,18)/t11-/m1/s1. The number of carbonyl (C=O) groups is 3. The number of primary amides is 1. The molecule has 5 nitrogen and oxygen atoms in total. The fraction of sp³-hybridized carbons (Fsp3) is 0.308. The molecular formula is C13H16N2O3. The summed E-state index contributed by atoms with van der Waals surface area (Å²) in [6.45, 7) is 1.43. The molecule has 0 aliphatic rings. The molecule has 0 aliphatic carbocycles. The zero-order valence-electron chi connectivity index (χ0n) is 10.2. The van der Waals surface area contributed by atoms with E-state index in [1.54, 1.807) is 30.3 Å². The molecule has 0 saturated carbocycles. The van der Waals surface area contributed by atoms with E-state index in [9.17, 15) is 14.4 Å². The lowest BCUT2D eigenvalue weighted by atomic mass is 10.1. The highest BCUT2D eigenvalue weighted by molar-refractivity contribution is 5.97. The molecular weight excluding hydrogens is 232 g/mol. The smallest absolute Gasteiger partial charge is 0.251 e. The molecule has 0 unspecified atom stereocenters. The molecule has 0 aliphatic heterocycles. The molecule has 1 atom stereocenters. The molecule has 18 heavy (non-hydrogen) atoms. The van der Waals surface area contributed by atoms with Crippen molar-refractivity contribution in [1.82, 2.24) is 5.32 Å². The maximum atomic E-state index is 11.8. The Morgan fingerprint density at radius 2 is 1.83 bits per heavy atom. The van der Waals surface area contributed by atoms with Crippen LogP contribution in [-0.4, -0.2) is 23.6 Å². The van der Waals surface area contributed by atoms with Crippen molar-refractivity contribution in [3.63, 3.8) is 0 Å². The van der Waals surface area contributed by atoms with Gasteiger partial charge in [0.25, 0.3) is 5.91 Å². The van der Waals surface area contributed by atoms with Gasteiger partial charge in [-0.05, 0) is 25.5 Å². The quantitative estimate of drug-likeness (QED) is 0.774. The molecule has 5 heteroatoms. The van der Waals surface area contributed by atoms with E-state index in [-0.39, 0.29) is 24.5 Å². The lowest BCUT2D eigenvalue weighted by Gasteiger charge is -2.14. The van der Waals surface area contributed by atoms with Crippen molar-refractivity contribution >= 4 is 17.6 Å². The van der Waals surface area contributed by atoms with Crippen LogP contribution in [0.4, 0.5) is 0 Å². The van der Waals surface area contributed by atoms with Gasteiger partial charge >= 0.3 is 0 Å². The minimum absolute atomic E-state index is 0.0461. The van der Waals surface area contributed by atoms with Gasteiger partial charge in [0.15, 0.2) is 0 Å². The van der Waals surface area contributed by atoms with Gasteiger partial charge in [0, 0.05) is 12.0 Å². The predicted octanol–water partition coefficient (Wildman–Crippen LogP) is 0.640. The number of hydrogen-bond donors (Lipinski definition) is 2. The SMILES string of the molecule is CC(=O)CC[C@@H](NC(=O)c1ccccc1)C(N)=O. The van der Waals surface area contributed by atoms with E-state index in [1.165, 1.54) is 6.92 Å². The monoisotopic (exact) mass is 248 g/mol. The fourth-order valence-electron chi connectivity index (χ4n) is 1.46. The highest BCUT2D eigenvalue weighted by Gasteiger charge is 2.19. The first-order valence-corrected chi connectivity index (χ1v) is 5.65. The van der Waals surface area contributed by atoms with Gasteiger partial charge in [-0.3, -0.25) is 9.59 Å². The maximum Gasteiger partial charge on any atom is 0.251 e. The molecule has 0 saturated heterocycles. The molecule has 1 rings (SSSR count). The van der Waals surface area contributed by atoms with Crippen LogP contribution in [0, 0.1) is 0 Å². The first kappa shape index (κ1) is 13.9. The zero-order chi connectivity index (χ0) is 13.5. The Hall–Kier alpha value is -2.17. The molecule has 96 valence electrons. The number of carbonyl (C=O) groups excluding carboxylic acids is 3. The summed E-state index contributed by atoms with van der Waals surface area (Å²) in [5.74, 6) is -1.06. The Morgan fingerprint density at radius 1 is 1.22 bits per heavy atom. The third kappa shape index (κ3) is 4.37. The van der Waals surface area contributed by atoms with Crippen LogP contribution < -0.4 is 11.1 Å². The number of nitrogens with two attached hydrogens (primary N) is 1. The van der Waals surface area contributed by atoms with Gasteiger partial charge < -0.3 is 15.8 Å². The summed E-state index contributed by atoms with van der Waals surface area (Å²) in [6.07, 6.45) is 0.436. The van der Waals surface area contributed by atoms with Crippen LogP contribution in [0.15, 0.2) is 30.3 Å². The summed E-state index contributed by atoms with van der Waals surface area (Å²) in [6, 6.07) is 7.70. The third-order valence-corrected chi connectivity index (χ3v) is 2.47. The van der Waals surface area contributed by atoms with E-state index in [0.717, 1.165) is 0 Å². The van der Waals surface area contributed by atoms with Crippen LogP contribution >= 0.6 is 0 Å². The third-order valence-electron chi connectivity index (χ3n) is 2.47. The highest BCUT2D eigenvalue weighted by Crippen LogP contribution is 2.02. The summed E-state index contributed by atoms with van der Waals surface area (Å²) in [5, 5.41) is 2.52. The molecule has 0 radical (unpaired) electrons. The maximum absolute atomic E-state index is 11.8. The zero-order valence-corrected chi connectivity index (χ0v) is 10.2. The van der Waals surface area contributed by atoms with Crippen LogP contribution in [0.3, 0.4) is 0 Å². The number of amides is 2. The first-order chi connectivity index (χ1) is 8.50. The van der Waals surface area contributed by atoms with Crippen molar-refractivity contribution in [3.8, 4) is 0 Å². The lowest BCUT2D eigenvalue weighted by molar-refractivity contribution is -0.120. The first-order valence-electron chi connectivity index (χ1n) is 5.65. The Kier molecular flexibility index (Phi) is 5.05. The molecule has 1 aromatic rings. The normalized spacial score (nSPS) is 11.6. The molecule has 1 aromatic carbocycles. The molecule has 0 aromatic heterocycles. The summed E-state index contributed by atoms with van der Waals surface area (Å²) in [4.78, 5) is 33.8. The lowest BCUT2D eigenvalue weighted by Crippen LogP contribution is -2.44. The van der Waals surface area contributed by atoms with Crippen LogP contribution in [0.2, 0.25) is 0 Å². The summed E-state index contributed by atoms with van der Waals surface area (Å²) in [7, 11) is 0. The van der Waals surface area contributed by atoms with Crippen molar-refractivity contribution in [2.45, 2.75) is 25.8 Å². The van der Waals surface area contributed by atoms with Crippen LogP contribution in [0.25, 0.3) is 0 Å². The predicted molar refractivity (Wildman–Crippen MR) is 66.8 cm³/mol. The van der Waals surface area contributed by atoms with Crippen LogP contribution in [0.1, 0.15) is 30.1 Å². The summed E-state index contributed by atoms with van der Waals surface area (Å²) >= 11 is 0. The van der Waals surface area contributed by atoms with Gasteiger partial charge in [0.05, 0.1) is 0 Å². The van der Waals surface area contributed by atoms with E-state index in [4.69, 9.17) is 5.73 Å². The average Bonchev–Trinajstić information content (AvgIpc) is 2.34. The Labute approximate surface area is 105 Å². The second-order valence-corrected chi connectivity index (χ2v) is 4.04. The van der Waals surface area contributed by atoms with Gasteiger partial charge in [-0.15, -0.1) is 0 Å². The van der Waals surface area contributed by atoms with Crippen molar-refractivity contribution < 1.29 is 14.4 Å². The number of rotatable bonds is 6. The van der Waals surface area contributed by atoms with Crippen molar-refractivity contribution in [2.24, 2.45) is 5.73 Å². The second kappa shape index (κ2) is 6.54. The number of ketones is 1. The molecule has 0 heterocycles. The van der Waals surface area contributed by atoms with Gasteiger partial charge in [-0.25, -0.2) is 0 Å². The minimum atomic E-state index is -0.818. The summed E-state index contributed by atoms with van der Waals surface area (Å²) in [5.41, 5.74) is 5.63. The highest BCUT2D eigenvalue weighted by atomic mass is 16.2. The van der Waals surface area contributed by atoms with Crippen molar-refractivity contribution in [1.29, 1.82) is 0 Å². The number of nitrogens with one attached hydrogen (secondary N) is 1. The average molecular weight is 248 g/mol. The van der Waals surface area contributed by atoms with E-state index in [2.05, 4.69) is 5.32 Å². The number of Topliss-reactive ketones (excluding diaryl/α,β-unsaturated/α-hetero) is 1. The van der Waals surface area contributed by atoms with Gasteiger partial charge in [0.1, 0.15) is 11.8 Å². The van der Waals surface area contributed by atoms with E-state index in [1.807, 2.05) is 0 Å². The molecule has 0 fully saturated rings. The van der Waals surface area contributed by atoms with Crippen LogP contribution in [-0.2, 0) is 9.59 Å². The molecule has 0 bridgehead atoms. The van der Waals surface area contributed by atoms with E-state index in [0.29, 0.717) is 5.56 Å². The van der Waals surface area contributed by atoms with Gasteiger partial charge in [0.2, 0.25) is 5.91 Å². The van der Waals surface area contributed by atoms with E-state index >= 15 is 0 Å². The van der Waals surface area contributed by atoms with Crippen molar-refractivity contribution in [3.05, 3.63) is 35.9 Å². The molecule has 2 amide bonds. The topological polar surface area (TPSA) is 89.3 Å². The second-order valence-electron chi connectivity index (χ2n) is 4.04.